The average molecular weight is 331 g/mol. The predicted molar refractivity (Wildman–Crippen MR) is 80.7 cm³/mol. The number of carboxylic acid groups (broad SMARTS) is 1. The van der Waals surface area contributed by atoms with E-state index in [0.29, 0.717) is 5.56 Å². The zero-order chi connectivity index (χ0) is 14.5. The van der Waals surface area contributed by atoms with E-state index in [0.717, 1.165) is 27.8 Å². The van der Waals surface area contributed by atoms with Crippen LogP contribution in [-0.2, 0) is 4.79 Å². The summed E-state index contributed by atoms with van der Waals surface area (Å²) in [6.45, 7) is 0. The van der Waals surface area contributed by atoms with Gasteiger partial charge in [0, 0.05) is 16.1 Å². The quantitative estimate of drug-likeness (QED) is 0.682. The SMILES string of the molecule is O=C(O)C=CC(=O)c1ccc(-c2ccccc2Br)cc1. The highest BCUT2D eigenvalue weighted by Gasteiger charge is 2.05. The Labute approximate surface area is 124 Å². The van der Waals surface area contributed by atoms with Crippen LogP contribution in [0.1, 0.15) is 10.4 Å². The van der Waals surface area contributed by atoms with Crippen molar-refractivity contribution in [3.8, 4) is 11.1 Å². The molecule has 2 aromatic carbocycles. The molecule has 100 valence electrons. The zero-order valence-electron chi connectivity index (χ0n) is 10.4. The lowest BCUT2D eigenvalue weighted by atomic mass is 10.0. The fourth-order valence-corrected chi connectivity index (χ4v) is 2.27. The van der Waals surface area contributed by atoms with Crippen molar-refractivity contribution in [2.24, 2.45) is 0 Å². The number of allylic oxidation sites excluding steroid dienone is 1. The molecule has 0 saturated carbocycles. The summed E-state index contributed by atoms with van der Waals surface area (Å²) in [5.41, 5.74) is 2.47. The molecular weight excluding hydrogens is 320 g/mol. The molecule has 3 nitrogen and oxygen atoms in total. The van der Waals surface area contributed by atoms with Gasteiger partial charge in [0.25, 0.3) is 0 Å². The first kappa shape index (κ1) is 14.2. The number of rotatable bonds is 4. The van der Waals surface area contributed by atoms with Crippen LogP contribution < -0.4 is 0 Å². The summed E-state index contributed by atoms with van der Waals surface area (Å²) in [5, 5.41) is 8.49. The van der Waals surface area contributed by atoms with E-state index >= 15 is 0 Å². The van der Waals surface area contributed by atoms with E-state index in [-0.39, 0.29) is 5.78 Å². The van der Waals surface area contributed by atoms with E-state index in [4.69, 9.17) is 5.11 Å². The lowest BCUT2D eigenvalue weighted by Gasteiger charge is -2.05. The van der Waals surface area contributed by atoms with E-state index in [1.807, 2.05) is 36.4 Å². The molecular formula is C16H11BrO3. The van der Waals surface area contributed by atoms with Crippen LogP contribution >= 0.6 is 15.9 Å². The number of benzene rings is 2. The third kappa shape index (κ3) is 3.42. The molecule has 0 bridgehead atoms. The van der Waals surface area contributed by atoms with Crippen LogP contribution in [0, 0.1) is 0 Å². The fourth-order valence-electron chi connectivity index (χ4n) is 1.75. The van der Waals surface area contributed by atoms with Crippen molar-refractivity contribution >= 4 is 27.7 Å². The van der Waals surface area contributed by atoms with Gasteiger partial charge in [-0.25, -0.2) is 4.79 Å². The van der Waals surface area contributed by atoms with Crippen molar-refractivity contribution in [2.45, 2.75) is 0 Å². The van der Waals surface area contributed by atoms with Gasteiger partial charge >= 0.3 is 5.97 Å². The lowest BCUT2D eigenvalue weighted by molar-refractivity contribution is -0.131. The number of halogens is 1. The Morgan fingerprint density at radius 3 is 2.20 bits per heavy atom. The molecule has 20 heavy (non-hydrogen) atoms. The fraction of sp³-hybridized carbons (Fsp3) is 0. The van der Waals surface area contributed by atoms with Crippen LogP contribution in [0.4, 0.5) is 0 Å². The second-order valence-electron chi connectivity index (χ2n) is 4.09. The van der Waals surface area contributed by atoms with Gasteiger partial charge in [0.15, 0.2) is 5.78 Å². The molecule has 2 rings (SSSR count). The van der Waals surface area contributed by atoms with Crippen molar-refractivity contribution in [3.63, 3.8) is 0 Å². The molecule has 0 heterocycles. The molecule has 0 saturated heterocycles. The van der Waals surface area contributed by atoms with E-state index in [1.165, 1.54) is 0 Å². The second kappa shape index (κ2) is 6.30. The largest absolute Gasteiger partial charge is 0.478 e. The van der Waals surface area contributed by atoms with Crippen LogP contribution in [0.15, 0.2) is 65.2 Å². The first-order valence-electron chi connectivity index (χ1n) is 5.88. The lowest BCUT2D eigenvalue weighted by Crippen LogP contribution is -1.96. The van der Waals surface area contributed by atoms with E-state index < -0.39 is 5.97 Å². The van der Waals surface area contributed by atoms with Crippen LogP contribution in [0.25, 0.3) is 11.1 Å². The molecule has 0 amide bonds. The molecule has 2 aromatic rings. The highest BCUT2D eigenvalue weighted by Crippen LogP contribution is 2.27. The molecule has 0 atom stereocenters. The van der Waals surface area contributed by atoms with E-state index in [9.17, 15) is 9.59 Å². The number of carbonyl (C=O) groups is 2. The minimum atomic E-state index is -1.14. The smallest absolute Gasteiger partial charge is 0.328 e. The number of carboxylic acids is 1. The predicted octanol–water partition coefficient (Wildman–Crippen LogP) is 3.94. The van der Waals surface area contributed by atoms with E-state index in [1.54, 1.807) is 12.1 Å². The normalized spacial score (nSPS) is 10.7. The molecule has 0 aliphatic heterocycles. The summed E-state index contributed by atoms with van der Waals surface area (Å²) in [6.07, 6.45) is 1.89. The highest BCUT2D eigenvalue weighted by molar-refractivity contribution is 9.10. The summed E-state index contributed by atoms with van der Waals surface area (Å²) in [4.78, 5) is 22.1. The molecule has 0 aliphatic carbocycles. The van der Waals surface area contributed by atoms with Crippen molar-refractivity contribution in [3.05, 3.63) is 70.7 Å². The van der Waals surface area contributed by atoms with Crippen molar-refractivity contribution < 1.29 is 14.7 Å². The van der Waals surface area contributed by atoms with Crippen molar-refractivity contribution in [1.29, 1.82) is 0 Å². The highest BCUT2D eigenvalue weighted by atomic mass is 79.9. The third-order valence-corrected chi connectivity index (χ3v) is 3.42. The summed E-state index contributed by atoms with van der Waals surface area (Å²) < 4.78 is 0.977. The Bertz CT molecular complexity index is 672. The molecule has 0 fully saturated rings. The molecule has 0 unspecified atom stereocenters. The maximum absolute atomic E-state index is 11.7. The molecule has 0 spiro atoms. The molecule has 0 aliphatic rings. The van der Waals surface area contributed by atoms with Crippen LogP contribution in [0.3, 0.4) is 0 Å². The Morgan fingerprint density at radius 1 is 0.950 bits per heavy atom. The number of hydrogen-bond donors (Lipinski definition) is 1. The van der Waals surface area contributed by atoms with Gasteiger partial charge in [-0.05, 0) is 23.3 Å². The monoisotopic (exact) mass is 330 g/mol. The Morgan fingerprint density at radius 2 is 1.60 bits per heavy atom. The second-order valence-corrected chi connectivity index (χ2v) is 4.95. The van der Waals surface area contributed by atoms with Gasteiger partial charge in [0.05, 0.1) is 0 Å². The molecule has 1 N–H and O–H groups in total. The first-order valence-corrected chi connectivity index (χ1v) is 6.67. The van der Waals surface area contributed by atoms with Gasteiger partial charge in [-0.3, -0.25) is 4.79 Å². The van der Waals surface area contributed by atoms with Crippen LogP contribution in [-0.4, -0.2) is 16.9 Å². The number of hydrogen-bond acceptors (Lipinski definition) is 2. The molecule has 0 radical (unpaired) electrons. The van der Waals surface area contributed by atoms with Gasteiger partial charge in [-0.15, -0.1) is 0 Å². The van der Waals surface area contributed by atoms with Gasteiger partial charge < -0.3 is 5.11 Å². The van der Waals surface area contributed by atoms with E-state index in [2.05, 4.69) is 15.9 Å². The topological polar surface area (TPSA) is 54.4 Å². The minimum absolute atomic E-state index is 0.328. The maximum Gasteiger partial charge on any atom is 0.328 e. The summed E-state index contributed by atoms with van der Waals surface area (Å²) in [7, 11) is 0. The Hall–Kier alpha value is -2.20. The number of ketones is 1. The minimum Gasteiger partial charge on any atom is -0.478 e. The van der Waals surface area contributed by atoms with Gasteiger partial charge in [-0.2, -0.15) is 0 Å². The van der Waals surface area contributed by atoms with Crippen LogP contribution in [0.2, 0.25) is 0 Å². The maximum atomic E-state index is 11.7. The summed E-state index contributed by atoms with van der Waals surface area (Å²) in [6, 6.07) is 14.8. The van der Waals surface area contributed by atoms with Crippen molar-refractivity contribution in [1.82, 2.24) is 0 Å². The third-order valence-electron chi connectivity index (χ3n) is 2.73. The summed E-state index contributed by atoms with van der Waals surface area (Å²) in [5.74, 6) is -1.46. The van der Waals surface area contributed by atoms with Gasteiger partial charge in [0.1, 0.15) is 0 Å². The average Bonchev–Trinajstić information content (AvgIpc) is 2.45. The standard InChI is InChI=1S/C16H11BrO3/c17-14-4-2-1-3-13(14)11-5-7-12(8-6-11)15(18)9-10-16(19)20/h1-10H,(H,19,20). The Balaban J connectivity index is 2.25. The van der Waals surface area contributed by atoms with Gasteiger partial charge in [-0.1, -0.05) is 58.4 Å². The first-order chi connectivity index (χ1) is 9.58. The summed E-state index contributed by atoms with van der Waals surface area (Å²) >= 11 is 3.48. The molecule has 0 aromatic heterocycles. The van der Waals surface area contributed by atoms with Crippen molar-refractivity contribution in [2.75, 3.05) is 0 Å². The zero-order valence-corrected chi connectivity index (χ0v) is 12.0. The number of aliphatic carboxylic acids is 1. The molecule has 4 heteroatoms. The Kier molecular flexibility index (Phi) is 4.48. The van der Waals surface area contributed by atoms with Crippen LogP contribution in [0.5, 0.6) is 0 Å². The van der Waals surface area contributed by atoms with Gasteiger partial charge in [0.2, 0.25) is 0 Å². The number of carbonyl (C=O) groups excluding carboxylic acids is 1.